The number of aromatic nitrogens is 1. The zero-order valence-corrected chi connectivity index (χ0v) is 21.4. The maximum Gasteiger partial charge on any atom is 0.253 e. The number of aryl methyl sites for hydroxylation is 2. The van der Waals surface area contributed by atoms with Gasteiger partial charge in [-0.25, -0.2) is 0 Å². The number of rotatable bonds is 6. The van der Waals surface area contributed by atoms with Gasteiger partial charge in [-0.15, -0.1) is 0 Å². The summed E-state index contributed by atoms with van der Waals surface area (Å²) in [5, 5.41) is 5.03. The van der Waals surface area contributed by atoms with Crippen molar-refractivity contribution < 1.29 is 9.47 Å². The molecule has 184 valence electrons. The second-order valence-electron chi connectivity index (χ2n) is 9.27. The van der Waals surface area contributed by atoms with Gasteiger partial charge in [-0.1, -0.05) is 36.4 Å². The molecule has 3 aromatic carbocycles. The summed E-state index contributed by atoms with van der Waals surface area (Å²) in [5.41, 5.74) is 5.87. The average Bonchev–Trinajstić information content (AvgIpc) is 3.34. The standard InChI is InChI=1S/C29H29N3O3S/c1-18-11-23-14-24(28(33)31-25(23)12-19(18)2)16-32(15-21-9-10-26-27(13-21)35-17-34-26)29(36)30-20(3)22-7-5-4-6-8-22/h4-14,20H,15-17H2,1-3H3,(H,30,36)(H,31,33)/t20-/m1/s1. The number of hydrogen-bond donors (Lipinski definition) is 2. The number of pyridine rings is 1. The molecule has 7 heteroatoms. The Kier molecular flexibility index (Phi) is 6.65. The van der Waals surface area contributed by atoms with E-state index in [1.165, 1.54) is 5.56 Å². The molecule has 36 heavy (non-hydrogen) atoms. The number of nitrogens with one attached hydrogen (secondary N) is 2. The highest BCUT2D eigenvalue weighted by Crippen LogP contribution is 2.33. The summed E-state index contributed by atoms with van der Waals surface area (Å²) in [6.07, 6.45) is 0. The highest BCUT2D eigenvalue weighted by Gasteiger charge is 2.19. The molecule has 0 spiro atoms. The van der Waals surface area contributed by atoms with Gasteiger partial charge in [0.05, 0.1) is 12.6 Å². The molecule has 1 aromatic heterocycles. The number of thiocarbonyl (C=S) groups is 1. The van der Waals surface area contributed by atoms with Crippen LogP contribution >= 0.6 is 12.2 Å². The van der Waals surface area contributed by atoms with Gasteiger partial charge in [-0.3, -0.25) is 4.79 Å². The Labute approximate surface area is 215 Å². The number of nitrogens with zero attached hydrogens (tertiary/aromatic N) is 1. The fraction of sp³-hybridized carbons (Fsp3) is 0.241. The zero-order valence-electron chi connectivity index (χ0n) is 20.6. The Hall–Kier alpha value is -3.84. The average molecular weight is 500 g/mol. The highest BCUT2D eigenvalue weighted by molar-refractivity contribution is 7.80. The van der Waals surface area contributed by atoms with E-state index >= 15 is 0 Å². The molecule has 2 heterocycles. The molecule has 0 fully saturated rings. The number of aromatic amines is 1. The van der Waals surface area contributed by atoms with Crippen LogP contribution in [-0.2, 0) is 13.1 Å². The first-order valence-electron chi connectivity index (χ1n) is 12.0. The van der Waals surface area contributed by atoms with Gasteiger partial charge < -0.3 is 24.7 Å². The molecule has 0 saturated heterocycles. The lowest BCUT2D eigenvalue weighted by Gasteiger charge is -2.28. The Bertz CT molecular complexity index is 1480. The third-order valence-corrected chi connectivity index (χ3v) is 7.01. The van der Waals surface area contributed by atoms with Gasteiger partial charge in [0.15, 0.2) is 16.6 Å². The fourth-order valence-electron chi connectivity index (χ4n) is 4.41. The molecule has 1 aliphatic heterocycles. The molecule has 2 N–H and O–H groups in total. The summed E-state index contributed by atoms with van der Waals surface area (Å²) in [5.74, 6) is 1.46. The minimum Gasteiger partial charge on any atom is -0.454 e. The lowest BCUT2D eigenvalue weighted by molar-refractivity contribution is 0.174. The molecule has 0 bridgehead atoms. The van der Waals surface area contributed by atoms with Crippen LogP contribution in [0.25, 0.3) is 10.9 Å². The van der Waals surface area contributed by atoms with E-state index in [2.05, 4.69) is 42.3 Å². The molecule has 0 aliphatic carbocycles. The second-order valence-corrected chi connectivity index (χ2v) is 9.66. The van der Waals surface area contributed by atoms with Crippen LogP contribution in [0.2, 0.25) is 0 Å². The van der Waals surface area contributed by atoms with Crippen LogP contribution in [0.4, 0.5) is 0 Å². The summed E-state index contributed by atoms with van der Waals surface area (Å²) in [4.78, 5) is 18.1. The van der Waals surface area contributed by atoms with Crippen molar-refractivity contribution in [1.29, 1.82) is 0 Å². The van der Waals surface area contributed by atoms with Gasteiger partial charge in [0.25, 0.3) is 5.56 Å². The van der Waals surface area contributed by atoms with Gasteiger partial charge >= 0.3 is 0 Å². The predicted octanol–water partition coefficient (Wildman–Crippen LogP) is 5.51. The van der Waals surface area contributed by atoms with Crippen LogP contribution in [0.1, 0.15) is 40.8 Å². The van der Waals surface area contributed by atoms with Crippen molar-refractivity contribution in [1.82, 2.24) is 15.2 Å². The van der Waals surface area contributed by atoms with Crippen molar-refractivity contribution in [3.05, 3.63) is 105 Å². The molecular weight excluding hydrogens is 470 g/mol. The summed E-state index contributed by atoms with van der Waals surface area (Å²) >= 11 is 5.87. The predicted molar refractivity (Wildman–Crippen MR) is 146 cm³/mol. The largest absolute Gasteiger partial charge is 0.454 e. The molecule has 1 atom stereocenters. The fourth-order valence-corrected chi connectivity index (χ4v) is 4.71. The number of fused-ring (bicyclic) bond motifs is 2. The Balaban J connectivity index is 1.45. The maximum atomic E-state index is 13.1. The van der Waals surface area contributed by atoms with E-state index in [9.17, 15) is 4.79 Å². The molecular formula is C29H29N3O3S. The van der Waals surface area contributed by atoms with E-state index in [1.54, 1.807) is 0 Å². The molecule has 6 nitrogen and oxygen atoms in total. The van der Waals surface area contributed by atoms with E-state index in [1.807, 2.05) is 60.4 Å². The smallest absolute Gasteiger partial charge is 0.253 e. The normalized spacial score (nSPS) is 13.0. The monoisotopic (exact) mass is 499 g/mol. The van der Waals surface area contributed by atoms with Crippen molar-refractivity contribution >= 4 is 28.2 Å². The molecule has 0 radical (unpaired) electrons. The van der Waals surface area contributed by atoms with Crippen LogP contribution in [0.5, 0.6) is 11.5 Å². The van der Waals surface area contributed by atoms with Gasteiger partial charge in [0.1, 0.15) is 0 Å². The molecule has 0 amide bonds. The summed E-state index contributed by atoms with van der Waals surface area (Å²) in [7, 11) is 0. The number of benzene rings is 3. The van der Waals surface area contributed by atoms with E-state index in [0.717, 1.165) is 39.1 Å². The summed E-state index contributed by atoms with van der Waals surface area (Å²) < 4.78 is 11.0. The Morgan fingerprint density at radius 2 is 1.75 bits per heavy atom. The van der Waals surface area contributed by atoms with E-state index < -0.39 is 0 Å². The molecule has 5 rings (SSSR count). The lowest BCUT2D eigenvalue weighted by atomic mass is 10.0. The third-order valence-electron chi connectivity index (χ3n) is 6.63. The van der Waals surface area contributed by atoms with Crippen LogP contribution < -0.4 is 20.3 Å². The van der Waals surface area contributed by atoms with Crippen molar-refractivity contribution in [3.8, 4) is 11.5 Å². The van der Waals surface area contributed by atoms with Crippen molar-refractivity contribution in [2.24, 2.45) is 0 Å². The minimum absolute atomic E-state index is 0.0125. The summed E-state index contributed by atoms with van der Waals surface area (Å²) in [6.45, 7) is 7.30. The van der Waals surface area contributed by atoms with Crippen LogP contribution in [-0.4, -0.2) is 21.8 Å². The first-order chi connectivity index (χ1) is 17.4. The zero-order chi connectivity index (χ0) is 25.2. The SMILES string of the molecule is Cc1cc2cc(CN(Cc3ccc4c(c3)OCO4)C(=S)N[C@H](C)c3ccccc3)c(=O)[nH]c2cc1C. The number of H-pyrrole nitrogens is 1. The summed E-state index contributed by atoms with van der Waals surface area (Å²) in [6, 6.07) is 22.2. The molecule has 1 aliphatic rings. The topological polar surface area (TPSA) is 66.6 Å². The van der Waals surface area contributed by atoms with E-state index in [0.29, 0.717) is 23.8 Å². The van der Waals surface area contributed by atoms with E-state index in [4.69, 9.17) is 21.7 Å². The highest BCUT2D eigenvalue weighted by atomic mass is 32.1. The lowest BCUT2D eigenvalue weighted by Crippen LogP contribution is -2.41. The Morgan fingerprint density at radius 1 is 1.00 bits per heavy atom. The van der Waals surface area contributed by atoms with Gasteiger partial charge in [-0.2, -0.15) is 0 Å². The number of hydrogen-bond acceptors (Lipinski definition) is 4. The van der Waals surface area contributed by atoms with Gasteiger partial charge in [0.2, 0.25) is 6.79 Å². The maximum absolute atomic E-state index is 13.1. The van der Waals surface area contributed by atoms with Crippen LogP contribution in [0.15, 0.2) is 71.5 Å². The second kappa shape index (κ2) is 10.0. The first kappa shape index (κ1) is 23.9. The van der Waals surface area contributed by atoms with Gasteiger partial charge in [-0.05, 0) is 91.0 Å². The van der Waals surface area contributed by atoms with Crippen molar-refractivity contribution in [2.75, 3.05) is 6.79 Å². The number of ether oxygens (including phenoxy) is 2. The van der Waals surface area contributed by atoms with Crippen molar-refractivity contribution in [2.45, 2.75) is 39.9 Å². The Morgan fingerprint density at radius 3 is 2.56 bits per heavy atom. The molecule has 4 aromatic rings. The minimum atomic E-state index is -0.111. The van der Waals surface area contributed by atoms with Crippen LogP contribution in [0.3, 0.4) is 0 Å². The van der Waals surface area contributed by atoms with E-state index in [-0.39, 0.29) is 18.4 Å². The molecule has 0 saturated carbocycles. The quantitative estimate of drug-likeness (QED) is 0.341. The third kappa shape index (κ3) is 5.06. The van der Waals surface area contributed by atoms with Crippen molar-refractivity contribution in [3.63, 3.8) is 0 Å². The first-order valence-corrected chi connectivity index (χ1v) is 12.4. The van der Waals surface area contributed by atoms with Crippen LogP contribution in [0, 0.1) is 13.8 Å². The molecule has 0 unspecified atom stereocenters. The van der Waals surface area contributed by atoms with Gasteiger partial charge in [0, 0.05) is 17.6 Å².